The molecular weight excluding hydrogens is 284 g/mol. The van der Waals surface area contributed by atoms with E-state index in [1.54, 1.807) is 24.3 Å². The molecule has 0 aliphatic carbocycles. The molecule has 0 unspecified atom stereocenters. The van der Waals surface area contributed by atoms with E-state index in [2.05, 4.69) is 0 Å². The second-order valence-electron chi connectivity index (χ2n) is 4.56. The number of nitro benzene ring substituents is 1. The first-order valence-electron chi connectivity index (χ1n) is 6.32. The first kappa shape index (κ1) is 13.5. The van der Waals surface area contributed by atoms with Crippen molar-refractivity contribution < 1.29 is 14.5 Å². The summed E-state index contributed by atoms with van der Waals surface area (Å²) in [6, 6.07) is 14.3. The van der Waals surface area contributed by atoms with E-state index in [9.17, 15) is 20.2 Å². The molecule has 1 aliphatic rings. The SMILES string of the molecule is N#C/C(=C1\OC(=O)c2ccccc21)c1ccc([N+](=O)[O-])cc1. The van der Waals surface area contributed by atoms with Gasteiger partial charge in [0.2, 0.25) is 0 Å². The van der Waals surface area contributed by atoms with Gasteiger partial charge >= 0.3 is 5.97 Å². The first-order valence-corrected chi connectivity index (χ1v) is 6.32. The molecule has 0 aromatic heterocycles. The number of cyclic esters (lactones) is 1. The second-order valence-corrected chi connectivity index (χ2v) is 4.56. The zero-order valence-electron chi connectivity index (χ0n) is 11.1. The number of non-ortho nitro benzene ring substituents is 1. The number of allylic oxidation sites excluding steroid dienone is 1. The van der Waals surface area contributed by atoms with Crippen molar-refractivity contribution in [1.29, 1.82) is 5.26 Å². The molecule has 106 valence electrons. The highest BCUT2D eigenvalue weighted by Gasteiger charge is 2.29. The van der Waals surface area contributed by atoms with Crippen LogP contribution < -0.4 is 0 Å². The van der Waals surface area contributed by atoms with Crippen molar-refractivity contribution >= 4 is 23.0 Å². The maximum Gasteiger partial charge on any atom is 0.344 e. The van der Waals surface area contributed by atoms with E-state index in [0.717, 1.165) is 0 Å². The van der Waals surface area contributed by atoms with Crippen LogP contribution in [-0.2, 0) is 4.74 Å². The van der Waals surface area contributed by atoms with Crippen molar-refractivity contribution in [2.45, 2.75) is 0 Å². The Morgan fingerprint density at radius 3 is 2.32 bits per heavy atom. The number of nitriles is 1. The molecule has 0 fully saturated rings. The quantitative estimate of drug-likeness (QED) is 0.367. The number of nitro groups is 1. The lowest BCUT2D eigenvalue weighted by Crippen LogP contribution is -1.94. The monoisotopic (exact) mass is 292 g/mol. The second kappa shape index (κ2) is 5.14. The molecule has 6 heteroatoms. The maximum atomic E-state index is 11.8. The maximum absolute atomic E-state index is 11.8. The Morgan fingerprint density at radius 2 is 1.73 bits per heavy atom. The fourth-order valence-electron chi connectivity index (χ4n) is 2.24. The van der Waals surface area contributed by atoms with E-state index in [1.807, 2.05) is 6.07 Å². The molecule has 0 bridgehead atoms. The van der Waals surface area contributed by atoms with Gasteiger partial charge in [0.05, 0.1) is 10.5 Å². The first-order chi connectivity index (χ1) is 10.6. The fraction of sp³-hybridized carbons (Fsp3) is 0. The van der Waals surface area contributed by atoms with Crippen LogP contribution >= 0.6 is 0 Å². The van der Waals surface area contributed by atoms with Crippen LogP contribution in [0.4, 0.5) is 5.69 Å². The Morgan fingerprint density at radius 1 is 1.09 bits per heavy atom. The third kappa shape index (κ3) is 2.11. The summed E-state index contributed by atoms with van der Waals surface area (Å²) in [5, 5.41) is 20.1. The van der Waals surface area contributed by atoms with Crippen molar-refractivity contribution in [1.82, 2.24) is 0 Å². The Kier molecular flexibility index (Phi) is 3.16. The average Bonchev–Trinajstić information content (AvgIpc) is 2.86. The number of ether oxygens (including phenoxy) is 1. The molecular formula is C16H8N2O4. The highest BCUT2D eigenvalue weighted by atomic mass is 16.6. The minimum Gasteiger partial charge on any atom is -0.421 e. The molecule has 0 atom stereocenters. The van der Waals surface area contributed by atoms with Gasteiger partial charge in [0.15, 0.2) is 5.76 Å². The topological polar surface area (TPSA) is 93.2 Å². The van der Waals surface area contributed by atoms with Gasteiger partial charge in [0.25, 0.3) is 5.69 Å². The number of hydrogen-bond donors (Lipinski definition) is 0. The number of benzene rings is 2. The van der Waals surface area contributed by atoms with Gasteiger partial charge in [-0.25, -0.2) is 4.79 Å². The minimum absolute atomic E-state index is 0.0742. The van der Waals surface area contributed by atoms with E-state index < -0.39 is 10.9 Å². The van der Waals surface area contributed by atoms with Crippen molar-refractivity contribution in [3.05, 3.63) is 75.3 Å². The molecule has 1 heterocycles. The van der Waals surface area contributed by atoms with Crippen LogP contribution in [0.15, 0.2) is 48.5 Å². The number of nitrogens with zero attached hydrogens (tertiary/aromatic N) is 2. The average molecular weight is 292 g/mol. The van der Waals surface area contributed by atoms with Gasteiger partial charge in [-0.2, -0.15) is 5.26 Å². The summed E-state index contributed by atoms with van der Waals surface area (Å²) in [6.07, 6.45) is 0. The van der Waals surface area contributed by atoms with E-state index in [0.29, 0.717) is 16.7 Å². The highest BCUT2D eigenvalue weighted by molar-refractivity contribution is 6.10. The molecule has 2 aromatic rings. The third-order valence-corrected chi connectivity index (χ3v) is 3.29. The summed E-state index contributed by atoms with van der Waals surface area (Å²) >= 11 is 0. The summed E-state index contributed by atoms with van der Waals surface area (Å²) in [5.74, 6) is -0.336. The van der Waals surface area contributed by atoms with E-state index in [-0.39, 0.29) is 17.0 Å². The van der Waals surface area contributed by atoms with Crippen molar-refractivity contribution in [3.63, 3.8) is 0 Å². The number of rotatable bonds is 2. The smallest absolute Gasteiger partial charge is 0.344 e. The molecule has 2 aromatic carbocycles. The van der Waals surface area contributed by atoms with Crippen molar-refractivity contribution in [2.24, 2.45) is 0 Å². The number of esters is 1. The van der Waals surface area contributed by atoms with Gasteiger partial charge in [-0.3, -0.25) is 10.1 Å². The van der Waals surface area contributed by atoms with Crippen LogP contribution in [0.3, 0.4) is 0 Å². The Labute approximate surface area is 125 Å². The van der Waals surface area contributed by atoms with Gasteiger partial charge in [-0.15, -0.1) is 0 Å². The lowest BCUT2D eigenvalue weighted by atomic mass is 10.0. The zero-order chi connectivity index (χ0) is 15.7. The van der Waals surface area contributed by atoms with E-state index in [1.165, 1.54) is 24.3 Å². The summed E-state index contributed by atoms with van der Waals surface area (Å²) in [4.78, 5) is 22.0. The molecule has 0 saturated carbocycles. The summed E-state index contributed by atoms with van der Waals surface area (Å²) in [6.45, 7) is 0. The predicted octanol–water partition coefficient (Wildman–Crippen LogP) is 3.16. The Hall–Kier alpha value is -3.46. The van der Waals surface area contributed by atoms with Crippen LogP contribution in [0.2, 0.25) is 0 Å². The molecule has 0 radical (unpaired) electrons. The molecule has 0 spiro atoms. The molecule has 6 nitrogen and oxygen atoms in total. The third-order valence-electron chi connectivity index (χ3n) is 3.29. The Bertz CT molecular complexity index is 860. The number of hydrogen-bond acceptors (Lipinski definition) is 5. The van der Waals surface area contributed by atoms with Gasteiger partial charge < -0.3 is 4.74 Å². The highest BCUT2D eigenvalue weighted by Crippen LogP contribution is 2.35. The number of carbonyl (C=O) groups is 1. The lowest BCUT2D eigenvalue weighted by molar-refractivity contribution is -0.384. The number of carbonyl (C=O) groups excluding carboxylic acids is 1. The molecule has 1 aliphatic heterocycles. The molecule has 0 N–H and O–H groups in total. The van der Waals surface area contributed by atoms with Gasteiger partial charge in [0, 0.05) is 17.7 Å². The molecule has 3 rings (SSSR count). The zero-order valence-corrected chi connectivity index (χ0v) is 11.1. The number of fused-ring (bicyclic) bond motifs is 1. The summed E-state index contributed by atoms with van der Waals surface area (Å²) in [5.41, 5.74) is 1.48. The van der Waals surface area contributed by atoms with Crippen LogP contribution in [0, 0.1) is 21.4 Å². The minimum atomic E-state index is -0.520. The summed E-state index contributed by atoms with van der Waals surface area (Å²) in [7, 11) is 0. The standard InChI is InChI=1S/C16H8N2O4/c17-9-14(10-5-7-11(8-6-10)18(20)21)15-12-3-1-2-4-13(12)16(19)22-15/h1-8H/b15-14+. The van der Waals surface area contributed by atoms with Crippen LogP contribution in [0.5, 0.6) is 0 Å². The fourth-order valence-corrected chi connectivity index (χ4v) is 2.24. The molecule has 0 amide bonds. The molecule has 22 heavy (non-hydrogen) atoms. The van der Waals surface area contributed by atoms with Crippen LogP contribution in [0.1, 0.15) is 21.5 Å². The van der Waals surface area contributed by atoms with Gasteiger partial charge in [-0.1, -0.05) is 18.2 Å². The van der Waals surface area contributed by atoms with Gasteiger partial charge in [-0.05, 0) is 23.8 Å². The van der Waals surface area contributed by atoms with Crippen LogP contribution in [-0.4, -0.2) is 10.9 Å². The predicted molar refractivity (Wildman–Crippen MR) is 77.4 cm³/mol. The normalized spacial score (nSPS) is 14.8. The van der Waals surface area contributed by atoms with E-state index >= 15 is 0 Å². The van der Waals surface area contributed by atoms with Gasteiger partial charge in [0.1, 0.15) is 11.6 Å². The molecule has 0 saturated heterocycles. The van der Waals surface area contributed by atoms with Crippen molar-refractivity contribution in [3.8, 4) is 6.07 Å². The summed E-state index contributed by atoms with van der Waals surface area (Å²) < 4.78 is 5.20. The lowest BCUT2D eigenvalue weighted by Gasteiger charge is -2.04. The largest absolute Gasteiger partial charge is 0.421 e. The van der Waals surface area contributed by atoms with E-state index in [4.69, 9.17) is 4.74 Å². The Balaban J connectivity index is 2.14. The van der Waals surface area contributed by atoms with Crippen LogP contribution in [0.25, 0.3) is 11.3 Å². The van der Waals surface area contributed by atoms with Crippen molar-refractivity contribution in [2.75, 3.05) is 0 Å².